The van der Waals surface area contributed by atoms with Crippen molar-refractivity contribution in [3.63, 3.8) is 0 Å². The lowest BCUT2D eigenvalue weighted by Crippen LogP contribution is -2.35. The van der Waals surface area contributed by atoms with Crippen LogP contribution in [0.5, 0.6) is 0 Å². The van der Waals surface area contributed by atoms with Crippen molar-refractivity contribution in [2.24, 2.45) is 5.92 Å². The zero-order valence-corrected chi connectivity index (χ0v) is 14.9. The number of carbonyl (C=O) groups excluding carboxylic acids is 1. The topological polar surface area (TPSA) is 43.1 Å². The Kier molecular flexibility index (Phi) is 3.48. The van der Waals surface area contributed by atoms with Crippen LogP contribution in [0.3, 0.4) is 0 Å². The first-order valence-corrected chi connectivity index (χ1v) is 9.30. The number of hydrogen-bond acceptors (Lipinski definition) is 2. The quantitative estimate of drug-likeness (QED) is 0.727. The molecule has 1 saturated carbocycles. The molecule has 1 amide bonds. The lowest BCUT2D eigenvalue weighted by Gasteiger charge is -2.29. The Hall–Kier alpha value is -2.82. The number of nitrogens with zero attached hydrogens (tertiary/aromatic N) is 4. The second-order valence-electron chi connectivity index (χ2n) is 7.41. The summed E-state index contributed by atoms with van der Waals surface area (Å²) in [4.78, 5) is 14.6. The average Bonchev–Trinajstić information content (AvgIpc) is 3.29. The fraction of sp³-hybridized carbons (Fsp3) is 0.333. The molecular formula is C21H22N4O. The molecule has 5 heteroatoms. The predicted molar refractivity (Wildman–Crippen MR) is 99.2 cm³/mol. The maximum Gasteiger partial charge on any atom is 0.226 e. The molecule has 0 spiro atoms. The molecule has 2 aromatic heterocycles. The van der Waals surface area contributed by atoms with Gasteiger partial charge < -0.3 is 9.47 Å². The third-order valence-corrected chi connectivity index (χ3v) is 5.62. The monoisotopic (exact) mass is 346 g/mol. The summed E-state index contributed by atoms with van der Waals surface area (Å²) in [7, 11) is 0. The van der Waals surface area contributed by atoms with Gasteiger partial charge in [-0.1, -0.05) is 24.1 Å². The van der Waals surface area contributed by atoms with Crippen LogP contribution < -0.4 is 0 Å². The molecule has 2 aliphatic rings. The van der Waals surface area contributed by atoms with Gasteiger partial charge in [-0.2, -0.15) is 5.10 Å². The van der Waals surface area contributed by atoms with E-state index in [-0.39, 0.29) is 5.92 Å². The maximum absolute atomic E-state index is 12.7. The van der Waals surface area contributed by atoms with Crippen LogP contribution in [-0.4, -0.2) is 25.2 Å². The van der Waals surface area contributed by atoms with Gasteiger partial charge in [0.15, 0.2) is 0 Å². The molecule has 1 aliphatic heterocycles. The molecule has 3 aromatic rings. The molecule has 132 valence electrons. The molecule has 0 unspecified atom stereocenters. The van der Waals surface area contributed by atoms with Crippen LogP contribution in [0.15, 0.2) is 48.8 Å². The Bertz CT molecular complexity index is 949. The molecule has 0 saturated heterocycles. The maximum atomic E-state index is 12.7. The van der Waals surface area contributed by atoms with E-state index in [2.05, 4.69) is 35.8 Å². The molecule has 0 radical (unpaired) electrons. The summed E-state index contributed by atoms with van der Waals surface area (Å²) in [6, 6.07) is 12.4. The minimum atomic E-state index is 0.234. The normalized spacial score (nSPS) is 16.6. The van der Waals surface area contributed by atoms with Crippen molar-refractivity contribution in [1.82, 2.24) is 19.2 Å². The molecule has 0 N–H and O–H groups in total. The molecular weight excluding hydrogens is 324 g/mol. The summed E-state index contributed by atoms with van der Waals surface area (Å²) in [5.74, 6) is 1.57. The summed E-state index contributed by atoms with van der Waals surface area (Å²) < 4.78 is 4.11. The van der Waals surface area contributed by atoms with Crippen LogP contribution in [0.4, 0.5) is 0 Å². The van der Waals surface area contributed by atoms with E-state index < -0.39 is 0 Å². The van der Waals surface area contributed by atoms with Crippen molar-refractivity contribution in [2.75, 3.05) is 0 Å². The van der Waals surface area contributed by atoms with Crippen molar-refractivity contribution < 1.29 is 4.79 Å². The third kappa shape index (κ3) is 2.38. The molecule has 0 atom stereocenters. The van der Waals surface area contributed by atoms with E-state index in [1.165, 1.54) is 12.0 Å². The van der Waals surface area contributed by atoms with E-state index in [1.807, 2.05) is 34.1 Å². The number of benzene rings is 1. The van der Waals surface area contributed by atoms with Gasteiger partial charge >= 0.3 is 0 Å². The summed E-state index contributed by atoms with van der Waals surface area (Å²) in [6.07, 6.45) is 7.35. The second-order valence-corrected chi connectivity index (χ2v) is 7.41. The molecule has 26 heavy (non-hydrogen) atoms. The van der Waals surface area contributed by atoms with E-state index in [0.717, 1.165) is 35.6 Å². The van der Waals surface area contributed by atoms with Gasteiger partial charge in [0.25, 0.3) is 0 Å². The average molecular weight is 346 g/mol. The van der Waals surface area contributed by atoms with E-state index in [4.69, 9.17) is 5.10 Å². The molecule has 5 rings (SSSR count). The van der Waals surface area contributed by atoms with E-state index in [0.29, 0.717) is 19.0 Å². The highest BCUT2D eigenvalue weighted by molar-refractivity contribution is 5.80. The molecule has 5 nitrogen and oxygen atoms in total. The van der Waals surface area contributed by atoms with Crippen LogP contribution in [0.25, 0.3) is 11.5 Å². The lowest BCUT2D eigenvalue weighted by atomic mass is 9.84. The number of rotatable bonds is 3. The second kappa shape index (κ2) is 5.87. The van der Waals surface area contributed by atoms with Gasteiger partial charge in [-0.3, -0.25) is 4.79 Å². The zero-order chi connectivity index (χ0) is 17.7. The minimum Gasteiger partial charge on any atom is -0.332 e. The number of amides is 1. The van der Waals surface area contributed by atoms with Gasteiger partial charge in [-0.25, -0.2) is 4.68 Å². The largest absolute Gasteiger partial charge is 0.332 e. The van der Waals surface area contributed by atoms with Crippen molar-refractivity contribution in [2.45, 2.75) is 39.3 Å². The highest BCUT2D eigenvalue weighted by Crippen LogP contribution is 2.34. The van der Waals surface area contributed by atoms with Crippen molar-refractivity contribution in [3.05, 3.63) is 65.6 Å². The standard InChI is InChI=1S/C21H22N4O/c1-15-7-9-17(10-8-15)25-20(23-11-2-3-12-23)18-13-24(14-19(18)22-25)21(26)16-5-4-6-16/h2-3,7-12,16H,4-6,13-14H2,1H3. The van der Waals surface area contributed by atoms with E-state index in [1.54, 1.807) is 0 Å². The lowest BCUT2D eigenvalue weighted by molar-refractivity contribution is -0.138. The van der Waals surface area contributed by atoms with Crippen LogP contribution in [0, 0.1) is 12.8 Å². The number of carbonyl (C=O) groups is 1. The Morgan fingerprint density at radius 3 is 2.46 bits per heavy atom. The number of hydrogen-bond donors (Lipinski definition) is 0. The Balaban J connectivity index is 1.55. The summed E-state index contributed by atoms with van der Waals surface area (Å²) in [6.45, 7) is 3.37. The van der Waals surface area contributed by atoms with Crippen molar-refractivity contribution in [3.8, 4) is 11.5 Å². The molecule has 1 aliphatic carbocycles. The van der Waals surface area contributed by atoms with Crippen molar-refractivity contribution in [1.29, 1.82) is 0 Å². The summed E-state index contributed by atoms with van der Waals surface area (Å²) in [5.41, 5.74) is 4.45. The third-order valence-electron chi connectivity index (χ3n) is 5.62. The summed E-state index contributed by atoms with van der Waals surface area (Å²) in [5, 5.41) is 4.88. The zero-order valence-electron chi connectivity index (χ0n) is 14.9. The summed E-state index contributed by atoms with van der Waals surface area (Å²) >= 11 is 0. The highest BCUT2D eigenvalue weighted by atomic mass is 16.2. The smallest absolute Gasteiger partial charge is 0.226 e. The van der Waals surface area contributed by atoms with E-state index in [9.17, 15) is 4.79 Å². The molecule has 3 heterocycles. The Morgan fingerprint density at radius 2 is 1.81 bits per heavy atom. The van der Waals surface area contributed by atoms with Gasteiger partial charge in [0.2, 0.25) is 5.91 Å². The number of aromatic nitrogens is 3. The Labute approximate surface area is 152 Å². The van der Waals surface area contributed by atoms with Gasteiger partial charge in [0.1, 0.15) is 5.82 Å². The van der Waals surface area contributed by atoms with Crippen LogP contribution in [0.2, 0.25) is 0 Å². The first kappa shape index (κ1) is 15.4. The van der Waals surface area contributed by atoms with Crippen LogP contribution in [-0.2, 0) is 17.9 Å². The highest BCUT2D eigenvalue weighted by Gasteiger charge is 2.36. The van der Waals surface area contributed by atoms with E-state index >= 15 is 0 Å². The fourth-order valence-electron chi connectivity index (χ4n) is 3.88. The molecule has 1 fully saturated rings. The number of aryl methyl sites for hydroxylation is 1. The van der Waals surface area contributed by atoms with Gasteiger partial charge in [0, 0.05) is 23.9 Å². The van der Waals surface area contributed by atoms with Crippen LogP contribution in [0.1, 0.15) is 36.1 Å². The number of fused-ring (bicyclic) bond motifs is 1. The Morgan fingerprint density at radius 1 is 1.08 bits per heavy atom. The first-order chi connectivity index (χ1) is 12.7. The van der Waals surface area contributed by atoms with Gasteiger partial charge in [-0.05, 0) is 44.0 Å². The van der Waals surface area contributed by atoms with Gasteiger partial charge in [-0.15, -0.1) is 0 Å². The van der Waals surface area contributed by atoms with Crippen molar-refractivity contribution >= 4 is 5.91 Å². The SMILES string of the molecule is Cc1ccc(-n2nc3c(c2-n2cccc2)CN(C(=O)C2CCC2)C3)cc1. The van der Waals surface area contributed by atoms with Crippen LogP contribution >= 0.6 is 0 Å². The molecule has 0 bridgehead atoms. The fourth-order valence-corrected chi connectivity index (χ4v) is 3.88. The van der Waals surface area contributed by atoms with Gasteiger partial charge in [0.05, 0.1) is 24.5 Å². The predicted octanol–water partition coefficient (Wildman–Crippen LogP) is 3.61. The minimum absolute atomic E-state index is 0.234. The first-order valence-electron chi connectivity index (χ1n) is 9.30. The molecule has 1 aromatic carbocycles.